The van der Waals surface area contributed by atoms with Crippen LogP contribution in [-0.4, -0.2) is 18.0 Å². The van der Waals surface area contributed by atoms with Crippen molar-refractivity contribution < 1.29 is 18.0 Å². The SMILES string of the molecule is CC(=O)NCCC=Cc1ccc(SC(F)(F)F)cc1. The zero-order valence-electron chi connectivity index (χ0n) is 10.3. The molecule has 1 rings (SSSR count). The number of carbonyl (C=O) groups excluding carboxylic acids is 1. The van der Waals surface area contributed by atoms with E-state index in [2.05, 4.69) is 5.32 Å². The lowest BCUT2D eigenvalue weighted by atomic mass is 10.2. The molecule has 19 heavy (non-hydrogen) atoms. The normalized spacial score (nSPS) is 11.8. The summed E-state index contributed by atoms with van der Waals surface area (Å²) in [5.74, 6) is -0.0815. The summed E-state index contributed by atoms with van der Waals surface area (Å²) in [5.41, 5.74) is -3.43. The minimum Gasteiger partial charge on any atom is -0.356 e. The van der Waals surface area contributed by atoms with E-state index in [1.165, 1.54) is 19.1 Å². The maximum absolute atomic E-state index is 12.1. The van der Waals surface area contributed by atoms with Gasteiger partial charge >= 0.3 is 5.51 Å². The molecule has 0 bridgehead atoms. The van der Waals surface area contributed by atoms with Gasteiger partial charge in [-0.3, -0.25) is 4.79 Å². The molecule has 0 aliphatic heterocycles. The average molecular weight is 289 g/mol. The lowest BCUT2D eigenvalue weighted by Crippen LogP contribution is -2.20. The van der Waals surface area contributed by atoms with E-state index in [9.17, 15) is 18.0 Å². The maximum atomic E-state index is 12.1. The second-order valence-electron chi connectivity index (χ2n) is 3.79. The largest absolute Gasteiger partial charge is 0.446 e. The number of amides is 1. The van der Waals surface area contributed by atoms with Crippen LogP contribution >= 0.6 is 11.8 Å². The molecule has 0 aromatic heterocycles. The Morgan fingerprint density at radius 1 is 1.32 bits per heavy atom. The van der Waals surface area contributed by atoms with Crippen LogP contribution in [-0.2, 0) is 4.79 Å². The van der Waals surface area contributed by atoms with Gasteiger partial charge in [-0.25, -0.2) is 0 Å². The van der Waals surface area contributed by atoms with Gasteiger partial charge in [0.05, 0.1) is 0 Å². The standard InChI is InChI=1S/C13H14F3NOS/c1-10(18)17-9-3-2-4-11-5-7-12(8-6-11)19-13(14,15)16/h2,4-8H,3,9H2,1H3,(H,17,18). The molecule has 0 spiro atoms. The molecule has 0 heterocycles. The van der Waals surface area contributed by atoms with E-state index in [0.29, 0.717) is 13.0 Å². The third-order valence-corrected chi connectivity index (χ3v) is 2.85. The first kappa shape index (κ1) is 15.6. The number of carbonyl (C=O) groups is 1. The molecule has 104 valence electrons. The predicted molar refractivity (Wildman–Crippen MR) is 70.7 cm³/mol. The number of hydrogen-bond donors (Lipinski definition) is 1. The van der Waals surface area contributed by atoms with E-state index in [1.807, 2.05) is 12.2 Å². The molecule has 0 unspecified atom stereocenters. The van der Waals surface area contributed by atoms with Crippen LogP contribution in [0, 0.1) is 0 Å². The van der Waals surface area contributed by atoms with Gasteiger partial charge in [0.25, 0.3) is 0 Å². The van der Waals surface area contributed by atoms with Crippen LogP contribution in [0.25, 0.3) is 6.08 Å². The summed E-state index contributed by atoms with van der Waals surface area (Å²) in [6.45, 7) is 1.99. The van der Waals surface area contributed by atoms with Crippen molar-refractivity contribution in [1.82, 2.24) is 5.32 Å². The Balaban J connectivity index is 2.43. The molecule has 6 heteroatoms. The molecule has 1 aromatic carbocycles. The van der Waals surface area contributed by atoms with Gasteiger partial charge in [0.2, 0.25) is 5.91 Å². The molecular weight excluding hydrogens is 275 g/mol. The third kappa shape index (κ3) is 7.56. The molecule has 1 N–H and O–H groups in total. The number of nitrogens with one attached hydrogen (secondary N) is 1. The fourth-order valence-electron chi connectivity index (χ4n) is 1.33. The molecular formula is C13H14F3NOS. The monoisotopic (exact) mass is 289 g/mol. The summed E-state index contributed by atoms with van der Waals surface area (Å²) >= 11 is -0.127. The minimum atomic E-state index is -4.25. The Morgan fingerprint density at radius 2 is 1.95 bits per heavy atom. The average Bonchev–Trinajstić information content (AvgIpc) is 2.28. The maximum Gasteiger partial charge on any atom is 0.446 e. The summed E-state index contributed by atoms with van der Waals surface area (Å²) in [7, 11) is 0. The van der Waals surface area contributed by atoms with Gasteiger partial charge in [-0.05, 0) is 35.9 Å². The number of benzene rings is 1. The highest BCUT2D eigenvalue weighted by molar-refractivity contribution is 8.00. The van der Waals surface area contributed by atoms with Crippen molar-refractivity contribution in [3.05, 3.63) is 35.9 Å². The van der Waals surface area contributed by atoms with Crippen molar-refractivity contribution >= 4 is 23.7 Å². The third-order valence-electron chi connectivity index (χ3n) is 2.11. The van der Waals surface area contributed by atoms with E-state index < -0.39 is 5.51 Å². The Morgan fingerprint density at radius 3 is 2.47 bits per heavy atom. The van der Waals surface area contributed by atoms with Crippen LogP contribution in [0.15, 0.2) is 35.2 Å². The quantitative estimate of drug-likeness (QED) is 0.659. The summed E-state index contributed by atoms with van der Waals surface area (Å²) in [4.78, 5) is 10.8. The molecule has 1 amide bonds. The number of alkyl halides is 3. The first-order valence-electron chi connectivity index (χ1n) is 5.63. The minimum absolute atomic E-state index is 0.0815. The van der Waals surface area contributed by atoms with Gasteiger partial charge < -0.3 is 5.32 Å². The fourth-order valence-corrected chi connectivity index (χ4v) is 1.87. The van der Waals surface area contributed by atoms with Crippen LogP contribution in [0.3, 0.4) is 0 Å². The van der Waals surface area contributed by atoms with Gasteiger partial charge in [-0.2, -0.15) is 13.2 Å². The number of halogens is 3. The van der Waals surface area contributed by atoms with Crippen LogP contribution in [0.5, 0.6) is 0 Å². The second-order valence-corrected chi connectivity index (χ2v) is 4.93. The highest BCUT2D eigenvalue weighted by Gasteiger charge is 2.28. The molecule has 0 atom stereocenters. The van der Waals surface area contributed by atoms with E-state index in [-0.39, 0.29) is 22.6 Å². The highest BCUT2D eigenvalue weighted by atomic mass is 32.2. The zero-order valence-corrected chi connectivity index (χ0v) is 11.1. The zero-order chi connectivity index (χ0) is 14.3. The summed E-state index contributed by atoms with van der Waals surface area (Å²) in [6.07, 6.45) is 4.35. The van der Waals surface area contributed by atoms with Crippen molar-refractivity contribution in [1.29, 1.82) is 0 Å². The first-order chi connectivity index (χ1) is 8.87. The van der Waals surface area contributed by atoms with E-state index in [4.69, 9.17) is 0 Å². The van der Waals surface area contributed by atoms with Crippen molar-refractivity contribution in [3.8, 4) is 0 Å². The van der Waals surface area contributed by atoms with Crippen molar-refractivity contribution in [2.45, 2.75) is 23.7 Å². The summed E-state index contributed by atoms with van der Waals surface area (Å²) in [6, 6.07) is 6.13. The Labute approximate surface area is 114 Å². The van der Waals surface area contributed by atoms with E-state index in [1.54, 1.807) is 12.1 Å². The lowest BCUT2D eigenvalue weighted by molar-refractivity contribution is -0.118. The second kappa shape index (κ2) is 7.23. The smallest absolute Gasteiger partial charge is 0.356 e. The molecule has 0 radical (unpaired) electrons. The lowest BCUT2D eigenvalue weighted by Gasteiger charge is -2.05. The molecule has 0 aliphatic carbocycles. The van der Waals surface area contributed by atoms with Crippen molar-refractivity contribution in [3.63, 3.8) is 0 Å². The Kier molecular flexibility index (Phi) is 5.95. The summed E-state index contributed by atoms with van der Waals surface area (Å²) in [5, 5.41) is 2.65. The van der Waals surface area contributed by atoms with Crippen LogP contribution < -0.4 is 5.32 Å². The number of rotatable bonds is 5. The highest BCUT2D eigenvalue weighted by Crippen LogP contribution is 2.36. The van der Waals surface area contributed by atoms with Crippen molar-refractivity contribution in [2.24, 2.45) is 0 Å². The van der Waals surface area contributed by atoms with E-state index >= 15 is 0 Å². The number of hydrogen-bond acceptors (Lipinski definition) is 2. The number of thioether (sulfide) groups is 1. The van der Waals surface area contributed by atoms with Gasteiger partial charge in [-0.15, -0.1) is 0 Å². The van der Waals surface area contributed by atoms with Gasteiger partial charge in [0.1, 0.15) is 0 Å². The van der Waals surface area contributed by atoms with Gasteiger partial charge in [-0.1, -0.05) is 24.3 Å². The fraction of sp³-hybridized carbons (Fsp3) is 0.308. The first-order valence-corrected chi connectivity index (χ1v) is 6.45. The predicted octanol–water partition coefficient (Wildman–Crippen LogP) is 3.84. The van der Waals surface area contributed by atoms with Crippen LogP contribution in [0.1, 0.15) is 18.9 Å². The molecule has 0 aliphatic rings. The molecule has 1 aromatic rings. The van der Waals surface area contributed by atoms with Gasteiger partial charge in [0.15, 0.2) is 0 Å². The van der Waals surface area contributed by atoms with Crippen LogP contribution in [0.4, 0.5) is 13.2 Å². The Hall–Kier alpha value is -1.43. The molecule has 2 nitrogen and oxygen atoms in total. The van der Waals surface area contributed by atoms with Crippen molar-refractivity contribution in [2.75, 3.05) is 6.54 Å². The van der Waals surface area contributed by atoms with Crippen LogP contribution in [0.2, 0.25) is 0 Å². The van der Waals surface area contributed by atoms with Gasteiger partial charge in [0, 0.05) is 18.4 Å². The topological polar surface area (TPSA) is 29.1 Å². The molecule has 0 saturated carbocycles. The van der Waals surface area contributed by atoms with E-state index in [0.717, 1.165) is 5.56 Å². The summed E-state index contributed by atoms with van der Waals surface area (Å²) < 4.78 is 36.3. The Bertz CT molecular complexity index is 440. The molecule has 0 saturated heterocycles. The molecule has 0 fully saturated rings.